The highest BCUT2D eigenvalue weighted by Gasteiger charge is 2.22. The zero-order chi connectivity index (χ0) is 18.3. The molecule has 0 aliphatic heterocycles. The van der Waals surface area contributed by atoms with Crippen LogP contribution in [-0.4, -0.2) is 27.3 Å². The molecule has 6 nitrogen and oxygen atoms in total. The number of nitrogens with zero attached hydrogens (tertiary/aromatic N) is 4. The first-order chi connectivity index (χ1) is 12.5. The van der Waals surface area contributed by atoms with E-state index < -0.39 is 10.0 Å². The molecule has 0 radical (unpaired) electrons. The predicted octanol–water partition coefficient (Wildman–Crippen LogP) is 3.64. The van der Waals surface area contributed by atoms with E-state index in [0.717, 1.165) is 14.7 Å². The molecule has 8 heteroatoms. The van der Waals surface area contributed by atoms with Gasteiger partial charge < -0.3 is 0 Å². The predicted molar refractivity (Wildman–Crippen MR) is 107 cm³/mol. The summed E-state index contributed by atoms with van der Waals surface area (Å²) in [5, 5.41) is 0. The fraction of sp³-hybridized carbons (Fsp3) is 0.0556. The molecule has 0 unspecified atom stereocenters. The number of aromatic nitrogens is 4. The van der Waals surface area contributed by atoms with Crippen LogP contribution in [0.4, 0.5) is 0 Å². The Kier molecular flexibility index (Phi) is 4.23. The lowest BCUT2D eigenvalue weighted by atomic mass is 10.2. The van der Waals surface area contributed by atoms with Crippen LogP contribution < -0.4 is 0 Å². The molecule has 0 fully saturated rings. The molecule has 3 heterocycles. The quantitative estimate of drug-likeness (QED) is 0.422. The summed E-state index contributed by atoms with van der Waals surface area (Å²) < 4.78 is 27.9. The minimum atomic E-state index is -3.74. The van der Waals surface area contributed by atoms with Crippen molar-refractivity contribution in [2.24, 2.45) is 0 Å². The monoisotopic (exact) mass is 476 g/mol. The van der Waals surface area contributed by atoms with Gasteiger partial charge in [-0.15, -0.1) is 0 Å². The van der Waals surface area contributed by atoms with E-state index in [4.69, 9.17) is 0 Å². The average Bonchev–Trinajstić information content (AvgIpc) is 3.00. The highest BCUT2D eigenvalue weighted by molar-refractivity contribution is 14.1. The first-order valence-electron chi connectivity index (χ1n) is 7.73. The van der Waals surface area contributed by atoms with Crippen LogP contribution in [0.5, 0.6) is 0 Å². The number of hydrogen-bond acceptors (Lipinski definition) is 5. The highest BCUT2D eigenvalue weighted by Crippen LogP contribution is 2.27. The zero-order valence-corrected chi connectivity index (χ0v) is 16.6. The van der Waals surface area contributed by atoms with Gasteiger partial charge in [0, 0.05) is 24.2 Å². The Balaban J connectivity index is 1.88. The molecule has 0 spiro atoms. The summed E-state index contributed by atoms with van der Waals surface area (Å²) in [5.74, 6) is 0. The number of benzene rings is 1. The Bertz CT molecular complexity index is 1200. The fourth-order valence-electron chi connectivity index (χ4n) is 2.60. The van der Waals surface area contributed by atoms with Crippen LogP contribution in [0.2, 0.25) is 0 Å². The van der Waals surface area contributed by atoms with Gasteiger partial charge in [0.25, 0.3) is 10.0 Å². The smallest absolute Gasteiger partial charge is 0.265 e. The van der Waals surface area contributed by atoms with Gasteiger partial charge >= 0.3 is 0 Å². The van der Waals surface area contributed by atoms with Gasteiger partial charge in [-0.1, -0.05) is 17.7 Å². The molecule has 0 aliphatic rings. The molecule has 26 heavy (non-hydrogen) atoms. The number of rotatable bonds is 3. The number of hydrogen-bond donors (Lipinski definition) is 0. The zero-order valence-electron chi connectivity index (χ0n) is 13.7. The van der Waals surface area contributed by atoms with Gasteiger partial charge in [-0.25, -0.2) is 22.4 Å². The molecule has 4 rings (SSSR count). The minimum Gasteiger partial charge on any atom is -0.265 e. The maximum Gasteiger partial charge on any atom is 0.269 e. The summed E-state index contributed by atoms with van der Waals surface area (Å²) >= 11 is 2.08. The molecule has 1 aromatic carbocycles. The topological polar surface area (TPSA) is 77.7 Å². The van der Waals surface area contributed by atoms with Crippen molar-refractivity contribution in [3.05, 3.63) is 70.3 Å². The molecular formula is C18H13IN4O2S. The maximum atomic E-state index is 13.0. The largest absolute Gasteiger partial charge is 0.269 e. The van der Waals surface area contributed by atoms with Gasteiger partial charge in [-0.3, -0.25) is 4.98 Å². The Morgan fingerprint density at radius 2 is 1.73 bits per heavy atom. The molecule has 4 aromatic rings. The van der Waals surface area contributed by atoms with Crippen LogP contribution in [0, 0.1) is 10.5 Å². The van der Waals surface area contributed by atoms with Crippen LogP contribution in [-0.2, 0) is 10.0 Å². The van der Waals surface area contributed by atoms with Crippen LogP contribution in [0.25, 0.3) is 22.4 Å². The van der Waals surface area contributed by atoms with E-state index in [1.165, 1.54) is 3.97 Å². The number of aryl methyl sites for hydroxylation is 1. The van der Waals surface area contributed by atoms with Crippen LogP contribution in [0.1, 0.15) is 5.56 Å². The first kappa shape index (κ1) is 17.1. The van der Waals surface area contributed by atoms with E-state index in [0.29, 0.717) is 16.9 Å². The van der Waals surface area contributed by atoms with Crippen LogP contribution in [0.15, 0.2) is 66.1 Å². The lowest BCUT2D eigenvalue weighted by Crippen LogP contribution is -2.12. The second kappa shape index (κ2) is 6.44. The van der Waals surface area contributed by atoms with Gasteiger partial charge in [0.05, 0.1) is 20.4 Å². The van der Waals surface area contributed by atoms with Crippen molar-refractivity contribution in [2.75, 3.05) is 0 Å². The molecule has 130 valence electrons. The lowest BCUT2D eigenvalue weighted by Gasteiger charge is -2.07. The number of fused-ring (bicyclic) bond motifs is 1. The number of halogens is 1. The fourth-order valence-corrected chi connectivity index (χ4v) is 4.74. The van der Waals surface area contributed by atoms with Gasteiger partial charge in [-0.05, 0) is 53.8 Å². The van der Waals surface area contributed by atoms with Crippen molar-refractivity contribution in [3.8, 4) is 11.3 Å². The molecule has 0 aliphatic carbocycles. The summed E-state index contributed by atoms with van der Waals surface area (Å²) in [6.07, 6.45) is 6.49. The summed E-state index contributed by atoms with van der Waals surface area (Å²) in [6, 6.07) is 10.4. The molecule has 0 saturated heterocycles. The van der Waals surface area contributed by atoms with E-state index in [1.54, 1.807) is 49.1 Å². The summed E-state index contributed by atoms with van der Waals surface area (Å²) in [5.41, 5.74) is 3.41. The van der Waals surface area contributed by atoms with Crippen molar-refractivity contribution < 1.29 is 8.42 Å². The molecular weight excluding hydrogens is 463 g/mol. The van der Waals surface area contributed by atoms with E-state index in [1.807, 2.05) is 19.1 Å². The van der Waals surface area contributed by atoms with Crippen molar-refractivity contribution in [2.45, 2.75) is 11.8 Å². The second-order valence-electron chi connectivity index (χ2n) is 5.75. The summed E-state index contributed by atoms with van der Waals surface area (Å²) in [7, 11) is -3.74. The highest BCUT2D eigenvalue weighted by atomic mass is 127. The Morgan fingerprint density at radius 1 is 1.04 bits per heavy atom. The third kappa shape index (κ3) is 2.88. The SMILES string of the molecule is Cc1ccc(S(=O)(=O)n2cc(I)c3nc(-c4ccncc4)cnc32)cc1. The van der Waals surface area contributed by atoms with Gasteiger partial charge in [0.2, 0.25) is 0 Å². The van der Waals surface area contributed by atoms with Crippen molar-refractivity contribution in [1.82, 2.24) is 18.9 Å². The second-order valence-corrected chi connectivity index (χ2v) is 8.73. The van der Waals surface area contributed by atoms with E-state index in [2.05, 4.69) is 37.5 Å². The van der Waals surface area contributed by atoms with Gasteiger partial charge in [0.15, 0.2) is 5.65 Å². The summed E-state index contributed by atoms with van der Waals surface area (Å²) in [4.78, 5) is 13.2. The first-order valence-corrected chi connectivity index (χ1v) is 10.2. The van der Waals surface area contributed by atoms with Crippen LogP contribution in [0.3, 0.4) is 0 Å². The molecule has 0 bridgehead atoms. The Morgan fingerprint density at radius 3 is 2.42 bits per heavy atom. The van der Waals surface area contributed by atoms with Crippen molar-refractivity contribution in [1.29, 1.82) is 0 Å². The van der Waals surface area contributed by atoms with Crippen LogP contribution >= 0.6 is 22.6 Å². The Labute approximate surface area is 164 Å². The third-order valence-corrected chi connectivity index (χ3v) is 6.43. The minimum absolute atomic E-state index is 0.219. The molecule has 0 N–H and O–H groups in total. The van der Waals surface area contributed by atoms with E-state index >= 15 is 0 Å². The third-order valence-electron chi connectivity index (χ3n) is 3.97. The number of pyridine rings is 1. The Hall–Kier alpha value is -2.33. The van der Waals surface area contributed by atoms with Crippen molar-refractivity contribution in [3.63, 3.8) is 0 Å². The normalized spacial score (nSPS) is 11.8. The molecule has 0 saturated carbocycles. The average molecular weight is 476 g/mol. The standard InChI is InChI=1S/C18H13IN4O2S/c1-12-2-4-14(5-3-12)26(24,25)23-11-15(19)17-18(23)21-10-16(22-17)13-6-8-20-9-7-13/h2-11H,1H3. The van der Waals surface area contributed by atoms with Crippen molar-refractivity contribution >= 4 is 43.8 Å². The maximum absolute atomic E-state index is 13.0. The lowest BCUT2D eigenvalue weighted by molar-refractivity contribution is 0.588. The molecule has 3 aromatic heterocycles. The molecule has 0 atom stereocenters. The van der Waals surface area contributed by atoms with Gasteiger partial charge in [-0.2, -0.15) is 0 Å². The van der Waals surface area contributed by atoms with E-state index in [-0.39, 0.29) is 4.90 Å². The molecule has 0 amide bonds. The van der Waals surface area contributed by atoms with Gasteiger partial charge in [0.1, 0.15) is 5.52 Å². The van der Waals surface area contributed by atoms with E-state index in [9.17, 15) is 8.42 Å². The summed E-state index contributed by atoms with van der Waals surface area (Å²) in [6.45, 7) is 1.91.